The third kappa shape index (κ3) is 2.44. The van der Waals surface area contributed by atoms with E-state index >= 15 is 0 Å². The minimum Gasteiger partial charge on any atom is -0.618 e. The van der Waals surface area contributed by atoms with E-state index in [1.807, 2.05) is 84.9 Å². The summed E-state index contributed by atoms with van der Waals surface area (Å²) in [5.74, 6) is -0.224. The number of nitrogens with zero attached hydrogens (tertiary/aromatic N) is 1. The van der Waals surface area contributed by atoms with Crippen LogP contribution in [0.3, 0.4) is 0 Å². The van der Waals surface area contributed by atoms with Gasteiger partial charge in [-0.05, 0) is 40.1 Å². The molecule has 4 aromatic carbocycles. The summed E-state index contributed by atoms with van der Waals surface area (Å²) in [4.78, 5) is 12.9. The normalized spacial score (nSPS) is 13.3. The highest BCUT2D eigenvalue weighted by atomic mass is 16.5. The predicted octanol–water partition coefficient (Wildman–Crippen LogP) is 5.33. The number of Topliss-reactive ketones (excluding diaryl/α,β-unsaturated/α-hetero) is 1. The number of rotatable bonds is 2. The van der Waals surface area contributed by atoms with E-state index in [0.29, 0.717) is 16.8 Å². The van der Waals surface area contributed by atoms with Gasteiger partial charge in [-0.2, -0.15) is 4.74 Å². The molecule has 3 heteroatoms. The van der Waals surface area contributed by atoms with Gasteiger partial charge in [0.1, 0.15) is 5.56 Å². The summed E-state index contributed by atoms with van der Waals surface area (Å²) < 4.78 is 0.766. The van der Waals surface area contributed by atoms with Crippen molar-refractivity contribution < 1.29 is 9.53 Å². The van der Waals surface area contributed by atoms with Gasteiger partial charge in [-0.3, -0.25) is 4.79 Å². The van der Waals surface area contributed by atoms with E-state index in [1.54, 1.807) is 6.07 Å². The second-order valence-electron chi connectivity index (χ2n) is 6.63. The molecule has 128 valence electrons. The quantitative estimate of drug-likeness (QED) is 0.362. The summed E-state index contributed by atoms with van der Waals surface area (Å²) in [7, 11) is 0. The molecule has 1 heterocycles. The lowest BCUT2D eigenvalue weighted by Crippen LogP contribution is -2.16. The van der Waals surface area contributed by atoms with Crippen LogP contribution in [0.5, 0.6) is 0 Å². The van der Waals surface area contributed by atoms with Crippen LogP contribution in [-0.4, -0.2) is 16.2 Å². The fraction of sp³-hybridized carbons (Fsp3) is 0. The van der Waals surface area contributed by atoms with Crippen LogP contribution in [0.4, 0.5) is 5.69 Å². The van der Waals surface area contributed by atoms with Crippen LogP contribution < -0.4 is 0 Å². The lowest BCUT2D eigenvalue weighted by atomic mass is 9.98. The Morgan fingerprint density at radius 2 is 1.19 bits per heavy atom. The Labute approximate surface area is 156 Å². The Kier molecular flexibility index (Phi) is 3.41. The largest absolute Gasteiger partial charge is 0.618 e. The summed E-state index contributed by atoms with van der Waals surface area (Å²) in [6, 6.07) is 28.9. The van der Waals surface area contributed by atoms with Crippen molar-refractivity contribution in [3.8, 4) is 11.1 Å². The van der Waals surface area contributed by atoms with Crippen molar-refractivity contribution in [3.63, 3.8) is 0 Å². The molecule has 0 saturated heterocycles. The maximum atomic E-state index is 12.9. The van der Waals surface area contributed by atoms with Crippen LogP contribution in [0, 0.1) is 5.21 Å². The summed E-state index contributed by atoms with van der Waals surface area (Å²) in [5.41, 5.74) is 3.84. The average Bonchev–Trinajstić information content (AvgIpc) is 2.97. The third-order valence-corrected chi connectivity index (χ3v) is 5.01. The first-order chi connectivity index (χ1) is 13.2. The Morgan fingerprint density at radius 3 is 1.89 bits per heavy atom. The Hall–Kier alpha value is -3.72. The second-order valence-corrected chi connectivity index (χ2v) is 6.63. The molecular formula is C24H15NO2. The SMILES string of the molecule is O=C1C(c2ccc(-c3ccccc3)cc2)=[N+]([O-])c2cc3ccccc3cc21. The predicted molar refractivity (Wildman–Crippen MR) is 108 cm³/mol. The lowest BCUT2D eigenvalue weighted by Gasteiger charge is -2.05. The zero-order valence-corrected chi connectivity index (χ0v) is 14.4. The van der Waals surface area contributed by atoms with Gasteiger partial charge >= 0.3 is 0 Å². The molecular weight excluding hydrogens is 334 g/mol. The van der Waals surface area contributed by atoms with Gasteiger partial charge < -0.3 is 5.21 Å². The number of hydrogen-bond donors (Lipinski definition) is 0. The summed E-state index contributed by atoms with van der Waals surface area (Å²) >= 11 is 0. The number of benzene rings is 4. The summed E-state index contributed by atoms with van der Waals surface area (Å²) in [6.07, 6.45) is 0. The molecule has 0 saturated carbocycles. The van der Waals surface area contributed by atoms with Gasteiger partial charge in [0.25, 0.3) is 11.5 Å². The number of carbonyl (C=O) groups is 1. The molecule has 0 radical (unpaired) electrons. The monoisotopic (exact) mass is 349 g/mol. The molecule has 1 aliphatic heterocycles. The van der Waals surface area contributed by atoms with E-state index in [9.17, 15) is 10.0 Å². The van der Waals surface area contributed by atoms with Gasteiger partial charge in [-0.1, -0.05) is 66.7 Å². The molecule has 4 aromatic rings. The first-order valence-electron chi connectivity index (χ1n) is 8.80. The van der Waals surface area contributed by atoms with E-state index in [0.717, 1.165) is 26.6 Å². The average molecular weight is 349 g/mol. The van der Waals surface area contributed by atoms with Gasteiger partial charge in [0.05, 0.1) is 5.56 Å². The zero-order chi connectivity index (χ0) is 18.4. The number of hydrogen-bond acceptors (Lipinski definition) is 2. The van der Waals surface area contributed by atoms with Gasteiger partial charge in [0.2, 0.25) is 5.69 Å². The smallest absolute Gasteiger partial charge is 0.272 e. The molecule has 0 aliphatic carbocycles. The van der Waals surface area contributed by atoms with E-state index in [-0.39, 0.29) is 11.5 Å². The van der Waals surface area contributed by atoms with E-state index < -0.39 is 0 Å². The van der Waals surface area contributed by atoms with E-state index in [2.05, 4.69) is 0 Å². The van der Waals surface area contributed by atoms with Crippen molar-refractivity contribution in [1.29, 1.82) is 0 Å². The highest BCUT2D eigenvalue weighted by Crippen LogP contribution is 2.32. The minimum absolute atomic E-state index is 0.180. The lowest BCUT2D eigenvalue weighted by molar-refractivity contribution is -0.355. The number of carbonyl (C=O) groups excluding carboxylic acids is 1. The molecule has 0 atom stereocenters. The van der Waals surface area contributed by atoms with E-state index in [4.69, 9.17) is 0 Å². The van der Waals surface area contributed by atoms with E-state index in [1.165, 1.54) is 0 Å². The van der Waals surface area contributed by atoms with Gasteiger partial charge in [-0.25, -0.2) is 0 Å². The molecule has 5 rings (SSSR count). The fourth-order valence-electron chi connectivity index (χ4n) is 3.62. The first kappa shape index (κ1) is 15.5. The Bertz CT molecular complexity index is 1220. The van der Waals surface area contributed by atoms with Crippen LogP contribution in [0.15, 0.2) is 91.0 Å². The molecule has 0 bridgehead atoms. The fourth-order valence-corrected chi connectivity index (χ4v) is 3.62. The Morgan fingerprint density at radius 1 is 0.630 bits per heavy atom. The van der Waals surface area contributed by atoms with Crippen molar-refractivity contribution in [1.82, 2.24) is 0 Å². The molecule has 3 nitrogen and oxygen atoms in total. The summed E-state index contributed by atoms with van der Waals surface area (Å²) in [6.45, 7) is 0. The van der Waals surface area contributed by atoms with Crippen molar-refractivity contribution in [2.24, 2.45) is 0 Å². The first-order valence-corrected chi connectivity index (χ1v) is 8.80. The van der Waals surface area contributed by atoms with Crippen molar-refractivity contribution in [2.45, 2.75) is 0 Å². The molecule has 0 N–H and O–H groups in total. The van der Waals surface area contributed by atoms with Crippen LogP contribution in [0.2, 0.25) is 0 Å². The highest BCUT2D eigenvalue weighted by Gasteiger charge is 2.36. The summed E-state index contributed by atoms with van der Waals surface area (Å²) in [5, 5.41) is 14.8. The number of fused-ring (bicyclic) bond motifs is 2. The van der Waals surface area contributed by atoms with Crippen LogP contribution in [0.25, 0.3) is 21.9 Å². The topological polar surface area (TPSA) is 43.1 Å². The standard InChI is InChI=1S/C24H15NO2/c26-24-21-14-19-8-4-5-9-20(19)15-22(21)25(27)23(24)18-12-10-17(11-13-18)16-6-2-1-3-7-16/h1-15H. The Balaban J connectivity index is 1.59. The minimum atomic E-state index is -0.224. The molecule has 0 amide bonds. The zero-order valence-electron chi connectivity index (χ0n) is 14.4. The molecule has 1 aliphatic rings. The molecule has 27 heavy (non-hydrogen) atoms. The van der Waals surface area contributed by atoms with Crippen LogP contribution >= 0.6 is 0 Å². The van der Waals surface area contributed by atoms with Gasteiger partial charge in [-0.15, -0.1) is 0 Å². The maximum Gasteiger partial charge on any atom is 0.272 e. The van der Waals surface area contributed by atoms with Crippen molar-refractivity contribution >= 4 is 28.0 Å². The van der Waals surface area contributed by atoms with Crippen molar-refractivity contribution in [3.05, 3.63) is 107 Å². The highest BCUT2D eigenvalue weighted by molar-refractivity contribution is 6.52. The molecule has 0 spiro atoms. The maximum absolute atomic E-state index is 12.9. The molecule has 0 unspecified atom stereocenters. The third-order valence-electron chi connectivity index (χ3n) is 5.01. The van der Waals surface area contributed by atoms with Crippen LogP contribution in [0.1, 0.15) is 15.9 Å². The molecule has 0 fully saturated rings. The molecule has 0 aromatic heterocycles. The van der Waals surface area contributed by atoms with Gasteiger partial charge in [0, 0.05) is 6.07 Å². The number of ketones is 1. The van der Waals surface area contributed by atoms with Crippen LogP contribution in [-0.2, 0) is 0 Å². The van der Waals surface area contributed by atoms with Crippen molar-refractivity contribution in [2.75, 3.05) is 0 Å². The second kappa shape index (κ2) is 5.92. The van der Waals surface area contributed by atoms with Gasteiger partial charge in [0.15, 0.2) is 0 Å².